The molecule has 0 radical (unpaired) electrons. The van der Waals surface area contributed by atoms with Crippen molar-refractivity contribution in [3.63, 3.8) is 0 Å². The zero-order valence-corrected chi connectivity index (χ0v) is 15.1. The Kier molecular flexibility index (Phi) is 3.99. The van der Waals surface area contributed by atoms with E-state index in [9.17, 15) is 9.90 Å². The molecule has 0 amide bonds. The normalized spacial score (nSPS) is 32.7. The lowest BCUT2D eigenvalue weighted by atomic mass is 9.56. The molecule has 3 atom stereocenters. The van der Waals surface area contributed by atoms with E-state index in [2.05, 4.69) is 6.08 Å². The number of hydrogen-bond acceptors (Lipinski definition) is 4. The first-order valence-corrected chi connectivity index (χ1v) is 8.55. The van der Waals surface area contributed by atoms with Crippen molar-refractivity contribution in [2.45, 2.75) is 65.6 Å². The van der Waals surface area contributed by atoms with Gasteiger partial charge in [-0.2, -0.15) is 0 Å². The molecule has 0 unspecified atom stereocenters. The summed E-state index contributed by atoms with van der Waals surface area (Å²) in [6, 6.07) is 0. The van der Waals surface area contributed by atoms with Gasteiger partial charge in [-0.1, -0.05) is 17.7 Å². The number of carbonyl (C=O) groups is 1. The highest BCUT2D eigenvalue weighted by molar-refractivity contribution is 5.88. The summed E-state index contributed by atoms with van der Waals surface area (Å²) in [5.41, 5.74) is 1.92. The van der Waals surface area contributed by atoms with Gasteiger partial charge in [-0.25, -0.2) is 4.79 Å². The largest absolute Gasteiger partial charge is 0.468 e. The molecular formula is C20H26O4. The zero-order chi connectivity index (χ0) is 17.7. The van der Waals surface area contributed by atoms with E-state index >= 15 is 0 Å². The maximum atomic E-state index is 12.5. The number of esters is 1. The predicted molar refractivity (Wildman–Crippen MR) is 91.5 cm³/mol. The molecule has 0 aliphatic heterocycles. The summed E-state index contributed by atoms with van der Waals surface area (Å²) in [4.78, 5) is 12.5. The number of fused-ring (bicyclic) bond motifs is 2. The highest BCUT2D eigenvalue weighted by atomic mass is 16.5. The molecule has 0 saturated heterocycles. The van der Waals surface area contributed by atoms with Crippen molar-refractivity contribution in [1.82, 2.24) is 0 Å². The molecule has 24 heavy (non-hydrogen) atoms. The second-order valence-electron chi connectivity index (χ2n) is 7.43. The maximum Gasteiger partial charge on any atom is 0.334 e. The first-order valence-electron chi connectivity index (χ1n) is 8.55. The van der Waals surface area contributed by atoms with Crippen molar-refractivity contribution in [3.8, 4) is 0 Å². The fraction of sp³-hybridized carbons (Fsp3) is 0.550. The molecule has 4 heteroatoms. The van der Waals surface area contributed by atoms with Crippen molar-refractivity contribution in [2.24, 2.45) is 5.41 Å². The summed E-state index contributed by atoms with van der Waals surface area (Å²) in [7, 11) is 0. The summed E-state index contributed by atoms with van der Waals surface area (Å²) in [5.74, 6) is 0.489. The Morgan fingerprint density at radius 2 is 2.17 bits per heavy atom. The number of rotatable bonds is 2. The van der Waals surface area contributed by atoms with Gasteiger partial charge in [-0.3, -0.25) is 0 Å². The number of allylic oxidation sites excluding steroid dienone is 2. The standard InChI is InChI=1S/C20H26O4/c1-6-12(2)18(21)24-17-16-13(3)11-23-15(16)10-14-8-7-9-19(4,22)20(14,17)5/h6,8,11,17,22H,7,9-10H2,1-5H3/b12-6-/t17-,19-,20-/m1/s1. The van der Waals surface area contributed by atoms with Gasteiger partial charge >= 0.3 is 5.97 Å². The number of furan rings is 1. The second-order valence-corrected chi connectivity index (χ2v) is 7.43. The van der Waals surface area contributed by atoms with E-state index in [4.69, 9.17) is 9.15 Å². The van der Waals surface area contributed by atoms with Gasteiger partial charge in [0.25, 0.3) is 0 Å². The van der Waals surface area contributed by atoms with E-state index in [0.29, 0.717) is 18.4 Å². The Hall–Kier alpha value is -1.81. The minimum absolute atomic E-state index is 0.349. The first kappa shape index (κ1) is 17.0. The molecule has 1 aromatic rings. The smallest absolute Gasteiger partial charge is 0.334 e. The average molecular weight is 330 g/mol. The molecule has 0 fully saturated rings. The average Bonchev–Trinajstić information content (AvgIpc) is 2.89. The summed E-state index contributed by atoms with van der Waals surface area (Å²) in [6.45, 7) is 9.38. The monoisotopic (exact) mass is 330 g/mol. The highest BCUT2D eigenvalue weighted by Gasteiger charge is 2.58. The van der Waals surface area contributed by atoms with E-state index in [1.165, 1.54) is 0 Å². The number of aliphatic hydroxyl groups is 1. The minimum Gasteiger partial charge on any atom is -0.468 e. The van der Waals surface area contributed by atoms with Gasteiger partial charge in [0.1, 0.15) is 11.9 Å². The van der Waals surface area contributed by atoms with E-state index in [-0.39, 0.29) is 5.97 Å². The van der Waals surface area contributed by atoms with Crippen LogP contribution in [0.1, 0.15) is 63.5 Å². The molecule has 3 rings (SSSR count). The van der Waals surface area contributed by atoms with E-state index < -0.39 is 17.1 Å². The van der Waals surface area contributed by atoms with Crippen LogP contribution in [0.25, 0.3) is 0 Å². The molecule has 1 aromatic heterocycles. The fourth-order valence-electron chi connectivity index (χ4n) is 4.00. The Morgan fingerprint density at radius 3 is 2.83 bits per heavy atom. The second kappa shape index (κ2) is 5.62. The lowest BCUT2D eigenvalue weighted by Crippen LogP contribution is -2.53. The number of ether oxygens (including phenoxy) is 1. The van der Waals surface area contributed by atoms with Crippen LogP contribution in [0.3, 0.4) is 0 Å². The van der Waals surface area contributed by atoms with Crippen LogP contribution >= 0.6 is 0 Å². The third kappa shape index (κ3) is 2.27. The lowest BCUT2D eigenvalue weighted by Gasteiger charge is -2.53. The Morgan fingerprint density at radius 1 is 1.46 bits per heavy atom. The molecular weight excluding hydrogens is 304 g/mol. The Bertz CT molecular complexity index is 735. The molecule has 2 aliphatic rings. The van der Waals surface area contributed by atoms with Crippen LogP contribution in [-0.2, 0) is 16.0 Å². The van der Waals surface area contributed by atoms with Crippen molar-refractivity contribution in [2.75, 3.05) is 0 Å². The van der Waals surface area contributed by atoms with Crippen LogP contribution in [-0.4, -0.2) is 16.7 Å². The SMILES string of the molecule is C/C=C(/C)C(=O)O[C@@H]1c2c(C)coc2CC2=CCC[C@@](C)(O)[C@]21C. The molecule has 2 aliphatic carbocycles. The molecule has 0 spiro atoms. The molecule has 1 heterocycles. The van der Waals surface area contributed by atoms with Crippen molar-refractivity contribution < 1.29 is 19.1 Å². The third-order valence-electron chi connectivity index (χ3n) is 6.03. The highest BCUT2D eigenvalue weighted by Crippen LogP contribution is 2.59. The first-order chi connectivity index (χ1) is 11.2. The predicted octanol–water partition coefficient (Wildman–Crippen LogP) is 4.17. The van der Waals surface area contributed by atoms with Crippen LogP contribution in [0.2, 0.25) is 0 Å². The molecule has 4 nitrogen and oxygen atoms in total. The van der Waals surface area contributed by atoms with Crippen molar-refractivity contribution in [3.05, 3.63) is 46.4 Å². The summed E-state index contributed by atoms with van der Waals surface area (Å²) < 4.78 is 11.7. The van der Waals surface area contributed by atoms with Gasteiger partial charge < -0.3 is 14.3 Å². The summed E-state index contributed by atoms with van der Waals surface area (Å²) in [6.07, 6.45) is 7.20. The maximum absolute atomic E-state index is 12.5. The fourth-order valence-corrected chi connectivity index (χ4v) is 4.00. The zero-order valence-electron chi connectivity index (χ0n) is 15.1. The minimum atomic E-state index is -0.951. The van der Waals surface area contributed by atoms with Gasteiger partial charge in [0, 0.05) is 17.6 Å². The molecule has 0 saturated carbocycles. The van der Waals surface area contributed by atoms with Crippen molar-refractivity contribution in [1.29, 1.82) is 0 Å². The van der Waals surface area contributed by atoms with Crippen LogP contribution < -0.4 is 0 Å². The summed E-state index contributed by atoms with van der Waals surface area (Å²) in [5, 5.41) is 11.2. The van der Waals surface area contributed by atoms with Gasteiger partial charge in [-0.05, 0) is 53.0 Å². The number of hydrogen-bond donors (Lipinski definition) is 1. The van der Waals surface area contributed by atoms with E-state index in [0.717, 1.165) is 28.9 Å². The van der Waals surface area contributed by atoms with Gasteiger partial charge in [0.15, 0.2) is 0 Å². The van der Waals surface area contributed by atoms with E-state index in [1.54, 1.807) is 19.3 Å². The Balaban J connectivity index is 2.16. The molecule has 0 aromatic carbocycles. The third-order valence-corrected chi connectivity index (χ3v) is 6.03. The Labute approximate surface area is 143 Å². The molecule has 0 bridgehead atoms. The van der Waals surface area contributed by atoms with Crippen molar-refractivity contribution >= 4 is 5.97 Å². The molecule has 130 valence electrons. The van der Waals surface area contributed by atoms with Gasteiger partial charge in [0.05, 0.1) is 17.3 Å². The quantitative estimate of drug-likeness (QED) is 0.502. The lowest BCUT2D eigenvalue weighted by molar-refractivity contribution is -0.168. The molecule has 1 N–H and O–H groups in total. The van der Waals surface area contributed by atoms with Crippen LogP contribution in [0.5, 0.6) is 0 Å². The van der Waals surface area contributed by atoms with Crippen LogP contribution in [0, 0.1) is 12.3 Å². The summed E-state index contributed by atoms with van der Waals surface area (Å²) >= 11 is 0. The van der Waals surface area contributed by atoms with Crippen LogP contribution in [0.4, 0.5) is 0 Å². The van der Waals surface area contributed by atoms with Gasteiger partial charge in [0.2, 0.25) is 0 Å². The topological polar surface area (TPSA) is 59.7 Å². The number of carbonyl (C=O) groups excluding carboxylic acids is 1. The van der Waals surface area contributed by atoms with Crippen LogP contribution in [0.15, 0.2) is 34.0 Å². The number of aryl methyl sites for hydroxylation is 1. The van der Waals surface area contributed by atoms with Gasteiger partial charge in [-0.15, -0.1) is 0 Å². The van der Waals surface area contributed by atoms with E-state index in [1.807, 2.05) is 27.7 Å².